The van der Waals surface area contributed by atoms with E-state index in [1.165, 1.54) is 18.6 Å². The van der Waals surface area contributed by atoms with Gasteiger partial charge in [-0.25, -0.2) is 0 Å². The monoisotopic (exact) mass is 279 g/mol. The van der Waals surface area contributed by atoms with Gasteiger partial charge < -0.3 is 10.5 Å². The molecular weight excluding hydrogens is 258 g/mol. The molecule has 2 unspecified atom stereocenters. The van der Waals surface area contributed by atoms with E-state index >= 15 is 0 Å². The number of nitrogen functional groups attached to an aromatic ring is 1. The number of pyridine rings is 1. The van der Waals surface area contributed by atoms with Gasteiger partial charge in [0.05, 0.1) is 4.92 Å². The third-order valence-electron chi connectivity index (χ3n) is 3.71. The van der Waals surface area contributed by atoms with Crippen molar-refractivity contribution in [1.29, 1.82) is 0 Å². The normalized spacial score (nSPS) is 25.1. The molecule has 6 heteroatoms. The Balaban J connectivity index is 2.10. The Morgan fingerprint density at radius 2 is 2.15 bits per heavy atom. The molecule has 0 spiro atoms. The summed E-state index contributed by atoms with van der Waals surface area (Å²) in [5.74, 6) is 0.859. The van der Waals surface area contributed by atoms with Gasteiger partial charge in [-0.05, 0) is 30.6 Å². The average Bonchev–Trinajstić information content (AvgIpc) is 2.25. The smallest absolute Gasteiger partial charge is 0.311 e. The molecule has 0 saturated heterocycles. The molecule has 0 radical (unpaired) electrons. The van der Waals surface area contributed by atoms with Crippen LogP contribution in [0.1, 0.15) is 40.0 Å². The zero-order chi connectivity index (χ0) is 14.9. The maximum atomic E-state index is 10.7. The van der Waals surface area contributed by atoms with Gasteiger partial charge in [-0.2, -0.15) is 4.98 Å². The predicted molar refractivity (Wildman–Crippen MR) is 76.5 cm³/mol. The van der Waals surface area contributed by atoms with Crippen LogP contribution in [0.25, 0.3) is 0 Å². The summed E-state index contributed by atoms with van der Waals surface area (Å²) in [7, 11) is 0. The zero-order valence-electron chi connectivity index (χ0n) is 12.1. The van der Waals surface area contributed by atoms with Crippen molar-refractivity contribution in [3.63, 3.8) is 0 Å². The number of anilines is 1. The molecule has 1 heterocycles. The van der Waals surface area contributed by atoms with Crippen molar-refractivity contribution in [3.8, 4) is 5.88 Å². The van der Waals surface area contributed by atoms with Crippen molar-refractivity contribution >= 4 is 11.5 Å². The Morgan fingerprint density at radius 1 is 1.45 bits per heavy atom. The van der Waals surface area contributed by atoms with Crippen LogP contribution in [-0.4, -0.2) is 16.0 Å². The van der Waals surface area contributed by atoms with Crippen LogP contribution in [0, 0.1) is 21.4 Å². The zero-order valence-corrected chi connectivity index (χ0v) is 12.1. The lowest BCUT2D eigenvalue weighted by molar-refractivity contribution is -0.384. The topological polar surface area (TPSA) is 91.3 Å². The molecule has 1 aromatic rings. The Kier molecular flexibility index (Phi) is 3.83. The summed E-state index contributed by atoms with van der Waals surface area (Å²) in [4.78, 5) is 14.1. The number of nitrogens with zero attached hydrogens (tertiary/aromatic N) is 2. The highest BCUT2D eigenvalue weighted by Gasteiger charge is 2.33. The standard InChI is InChI=1S/C14H21N3O3/c1-9-6-10(8-14(2,3)7-9)20-12-5-4-11(17(18)19)13(15)16-12/h4-5,9-10H,6-8H2,1-3H3,(H2,15,16). The first-order valence-corrected chi connectivity index (χ1v) is 6.84. The van der Waals surface area contributed by atoms with E-state index < -0.39 is 4.92 Å². The number of nitrogens with two attached hydrogens (primary N) is 1. The van der Waals surface area contributed by atoms with Crippen molar-refractivity contribution in [3.05, 3.63) is 22.2 Å². The molecule has 0 aromatic carbocycles. The van der Waals surface area contributed by atoms with Crippen LogP contribution in [0.5, 0.6) is 5.88 Å². The minimum absolute atomic E-state index is 0.0853. The summed E-state index contributed by atoms with van der Waals surface area (Å²) in [6, 6.07) is 2.86. The Bertz CT molecular complexity index is 516. The number of aromatic nitrogens is 1. The van der Waals surface area contributed by atoms with Crippen molar-refractivity contribution in [2.45, 2.75) is 46.1 Å². The summed E-state index contributed by atoms with van der Waals surface area (Å²) in [5.41, 5.74) is 5.63. The summed E-state index contributed by atoms with van der Waals surface area (Å²) in [5, 5.41) is 10.7. The molecule has 2 rings (SSSR count). The van der Waals surface area contributed by atoms with E-state index in [1.807, 2.05) is 0 Å². The minimum atomic E-state index is -0.544. The number of rotatable bonds is 3. The van der Waals surface area contributed by atoms with Gasteiger partial charge in [0.15, 0.2) is 0 Å². The first-order valence-electron chi connectivity index (χ1n) is 6.84. The molecule has 6 nitrogen and oxygen atoms in total. The van der Waals surface area contributed by atoms with Crippen LogP contribution < -0.4 is 10.5 Å². The van der Waals surface area contributed by atoms with Crippen LogP contribution in [0.4, 0.5) is 11.5 Å². The van der Waals surface area contributed by atoms with Gasteiger partial charge in [-0.15, -0.1) is 0 Å². The van der Waals surface area contributed by atoms with Gasteiger partial charge in [-0.1, -0.05) is 20.8 Å². The van der Waals surface area contributed by atoms with E-state index in [0.717, 1.165) is 12.8 Å². The molecule has 1 saturated carbocycles. The molecule has 1 aromatic heterocycles. The van der Waals surface area contributed by atoms with Crippen LogP contribution in [0.3, 0.4) is 0 Å². The van der Waals surface area contributed by atoms with Crippen molar-refractivity contribution in [2.24, 2.45) is 11.3 Å². The molecule has 1 aliphatic carbocycles. The van der Waals surface area contributed by atoms with Crippen molar-refractivity contribution in [1.82, 2.24) is 4.98 Å². The lowest BCUT2D eigenvalue weighted by Crippen LogP contribution is -2.34. The molecular formula is C14H21N3O3. The molecule has 2 atom stereocenters. The number of hydrogen-bond acceptors (Lipinski definition) is 5. The van der Waals surface area contributed by atoms with Gasteiger partial charge in [-0.3, -0.25) is 10.1 Å². The van der Waals surface area contributed by atoms with Crippen LogP contribution in [0.2, 0.25) is 0 Å². The van der Waals surface area contributed by atoms with E-state index in [2.05, 4.69) is 25.8 Å². The lowest BCUT2D eigenvalue weighted by atomic mass is 9.71. The fourth-order valence-electron chi connectivity index (χ4n) is 3.19. The summed E-state index contributed by atoms with van der Waals surface area (Å²) in [6.45, 7) is 6.68. The van der Waals surface area contributed by atoms with Crippen LogP contribution in [0.15, 0.2) is 12.1 Å². The fraction of sp³-hybridized carbons (Fsp3) is 0.643. The number of hydrogen-bond donors (Lipinski definition) is 1. The van der Waals surface area contributed by atoms with Gasteiger partial charge >= 0.3 is 5.69 Å². The second-order valence-corrected chi connectivity index (χ2v) is 6.46. The van der Waals surface area contributed by atoms with Gasteiger partial charge in [0.1, 0.15) is 6.10 Å². The third-order valence-corrected chi connectivity index (χ3v) is 3.71. The van der Waals surface area contributed by atoms with E-state index in [0.29, 0.717) is 11.8 Å². The highest BCUT2D eigenvalue weighted by Crippen LogP contribution is 2.40. The molecule has 0 aliphatic heterocycles. The van der Waals surface area contributed by atoms with Gasteiger partial charge in [0.2, 0.25) is 11.7 Å². The van der Waals surface area contributed by atoms with E-state index in [1.54, 1.807) is 0 Å². The van der Waals surface area contributed by atoms with E-state index in [4.69, 9.17) is 10.5 Å². The first kappa shape index (κ1) is 14.6. The maximum Gasteiger partial charge on any atom is 0.311 e. The number of ether oxygens (including phenoxy) is 1. The molecule has 20 heavy (non-hydrogen) atoms. The summed E-state index contributed by atoms with van der Waals surface area (Å²) >= 11 is 0. The molecule has 0 bridgehead atoms. The van der Waals surface area contributed by atoms with Crippen molar-refractivity contribution in [2.75, 3.05) is 5.73 Å². The molecule has 1 fully saturated rings. The Labute approximate surface area is 118 Å². The largest absolute Gasteiger partial charge is 0.474 e. The lowest BCUT2D eigenvalue weighted by Gasteiger charge is -2.38. The maximum absolute atomic E-state index is 10.7. The summed E-state index contributed by atoms with van der Waals surface area (Å²) in [6.07, 6.45) is 3.20. The molecule has 0 amide bonds. The fourth-order valence-corrected chi connectivity index (χ4v) is 3.19. The molecule has 2 N–H and O–H groups in total. The minimum Gasteiger partial charge on any atom is -0.474 e. The van der Waals surface area contributed by atoms with Gasteiger partial charge in [0.25, 0.3) is 0 Å². The number of nitro groups is 1. The highest BCUT2D eigenvalue weighted by molar-refractivity contribution is 5.53. The van der Waals surface area contributed by atoms with E-state index in [9.17, 15) is 10.1 Å². The third kappa shape index (κ3) is 3.37. The quantitative estimate of drug-likeness (QED) is 0.677. The molecule has 110 valence electrons. The average molecular weight is 279 g/mol. The Morgan fingerprint density at radius 3 is 2.70 bits per heavy atom. The summed E-state index contributed by atoms with van der Waals surface area (Å²) < 4.78 is 5.86. The SMILES string of the molecule is CC1CC(Oc2ccc([N+](=O)[O-])c(N)n2)CC(C)(C)C1. The van der Waals surface area contributed by atoms with Crippen LogP contribution >= 0.6 is 0 Å². The second-order valence-electron chi connectivity index (χ2n) is 6.46. The second kappa shape index (κ2) is 5.26. The van der Waals surface area contributed by atoms with Crippen molar-refractivity contribution < 1.29 is 9.66 Å². The van der Waals surface area contributed by atoms with E-state index in [-0.39, 0.29) is 23.0 Å². The first-order chi connectivity index (χ1) is 9.27. The van der Waals surface area contributed by atoms with Crippen LogP contribution in [-0.2, 0) is 0 Å². The Hall–Kier alpha value is -1.85. The predicted octanol–water partition coefficient (Wildman–Crippen LogP) is 3.17. The molecule has 1 aliphatic rings. The highest BCUT2D eigenvalue weighted by atomic mass is 16.6. The van der Waals surface area contributed by atoms with Gasteiger partial charge in [0, 0.05) is 12.1 Å².